The molecule has 7 atom stereocenters. The van der Waals surface area contributed by atoms with Gasteiger partial charge in [0, 0.05) is 12.1 Å². The van der Waals surface area contributed by atoms with Crippen molar-refractivity contribution in [2.24, 2.45) is 35.5 Å². The highest BCUT2D eigenvalue weighted by atomic mass is 15.1. The Hall–Kier alpha value is -0.0400. The molecule has 0 heterocycles. The van der Waals surface area contributed by atoms with E-state index >= 15 is 0 Å². The van der Waals surface area contributed by atoms with Crippen molar-refractivity contribution >= 4 is 0 Å². The number of rotatable bonds is 2. The van der Waals surface area contributed by atoms with Crippen LogP contribution in [0.4, 0.5) is 0 Å². The van der Waals surface area contributed by atoms with Crippen LogP contribution in [-0.4, -0.2) is 12.1 Å². The summed E-state index contributed by atoms with van der Waals surface area (Å²) >= 11 is 0. The molecule has 4 bridgehead atoms. The van der Waals surface area contributed by atoms with Crippen LogP contribution in [0.5, 0.6) is 0 Å². The Kier molecular flexibility index (Phi) is 1.60. The zero-order valence-corrected chi connectivity index (χ0v) is 10.1. The van der Waals surface area contributed by atoms with Gasteiger partial charge in [-0.2, -0.15) is 0 Å². The third-order valence-corrected chi connectivity index (χ3v) is 6.88. The molecule has 5 fully saturated rings. The lowest BCUT2D eigenvalue weighted by molar-refractivity contribution is 0.324. The Morgan fingerprint density at radius 2 is 1.44 bits per heavy atom. The monoisotopic (exact) mass is 217 g/mol. The normalized spacial score (nSPS) is 65.2. The van der Waals surface area contributed by atoms with Gasteiger partial charge >= 0.3 is 0 Å². The van der Waals surface area contributed by atoms with Crippen molar-refractivity contribution in [1.82, 2.24) is 5.32 Å². The second kappa shape index (κ2) is 2.85. The van der Waals surface area contributed by atoms with E-state index in [9.17, 15) is 0 Å². The summed E-state index contributed by atoms with van der Waals surface area (Å²) in [5.41, 5.74) is 0. The molecule has 7 unspecified atom stereocenters. The van der Waals surface area contributed by atoms with E-state index in [1.54, 1.807) is 32.1 Å². The molecule has 0 aliphatic heterocycles. The van der Waals surface area contributed by atoms with Gasteiger partial charge in [0.2, 0.25) is 0 Å². The number of fused-ring (bicyclic) bond motifs is 7. The number of hydrogen-bond donors (Lipinski definition) is 1. The van der Waals surface area contributed by atoms with Gasteiger partial charge in [-0.3, -0.25) is 0 Å². The third kappa shape index (κ3) is 1.02. The zero-order valence-electron chi connectivity index (χ0n) is 10.1. The lowest BCUT2D eigenvalue weighted by Gasteiger charge is -2.24. The highest BCUT2D eigenvalue weighted by Crippen LogP contribution is 2.66. The van der Waals surface area contributed by atoms with Crippen molar-refractivity contribution in [3.8, 4) is 0 Å². The average Bonchev–Trinajstić information content (AvgIpc) is 2.83. The lowest BCUT2D eigenvalue weighted by atomic mass is 9.94. The van der Waals surface area contributed by atoms with E-state index in [4.69, 9.17) is 0 Å². The molecule has 0 aromatic carbocycles. The molecule has 5 aliphatic rings. The predicted octanol–water partition coefficient (Wildman–Crippen LogP) is 2.81. The lowest BCUT2D eigenvalue weighted by Crippen LogP contribution is -2.37. The fourth-order valence-electron chi connectivity index (χ4n) is 6.24. The fourth-order valence-corrected chi connectivity index (χ4v) is 6.24. The molecule has 1 heteroatoms. The highest BCUT2D eigenvalue weighted by molar-refractivity contribution is 5.18. The SMILES string of the molecule is C1CC2CC1CC2NC1C2C3CCC(C3)C12. The topological polar surface area (TPSA) is 12.0 Å². The second-order valence-electron chi connectivity index (χ2n) is 7.46. The molecule has 5 aliphatic carbocycles. The fraction of sp³-hybridized carbons (Fsp3) is 1.00. The molecule has 5 rings (SSSR count). The Morgan fingerprint density at radius 3 is 2.06 bits per heavy atom. The van der Waals surface area contributed by atoms with Crippen molar-refractivity contribution in [3.63, 3.8) is 0 Å². The quantitative estimate of drug-likeness (QED) is 0.750. The van der Waals surface area contributed by atoms with Crippen LogP contribution in [0.15, 0.2) is 0 Å². The maximum Gasteiger partial charge on any atom is 0.0138 e. The van der Waals surface area contributed by atoms with Crippen molar-refractivity contribution in [3.05, 3.63) is 0 Å². The van der Waals surface area contributed by atoms with E-state index in [0.717, 1.165) is 47.6 Å². The Balaban J connectivity index is 1.29. The van der Waals surface area contributed by atoms with Gasteiger partial charge in [-0.15, -0.1) is 0 Å². The summed E-state index contributed by atoms with van der Waals surface area (Å²) < 4.78 is 0. The molecule has 1 nitrogen and oxygen atoms in total. The molecule has 0 aromatic heterocycles. The highest BCUT2D eigenvalue weighted by Gasteiger charge is 2.65. The van der Waals surface area contributed by atoms with Crippen LogP contribution in [0.2, 0.25) is 0 Å². The Bertz CT molecular complexity index is 309. The van der Waals surface area contributed by atoms with Crippen LogP contribution >= 0.6 is 0 Å². The molecule has 16 heavy (non-hydrogen) atoms. The molecule has 0 saturated heterocycles. The maximum absolute atomic E-state index is 4.09. The standard InChI is InChI=1S/C15H23N/c1-2-9-5-8(1)6-12(9)16-15-13-10-3-4-11(7-10)14(13)15/h8-16H,1-7H2. The molecule has 5 saturated carbocycles. The molecular formula is C15H23N. The smallest absolute Gasteiger partial charge is 0.0138 e. The van der Waals surface area contributed by atoms with E-state index in [-0.39, 0.29) is 0 Å². The molecular weight excluding hydrogens is 194 g/mol. The van der Waals surface area contributed by atoms with Crippen LogP contribution in [0.25, 0.3) is 0 Å². The molecule has 0 radical (unpaired) electrons. The largest absolute Gasteiger partial charge is 0.310 e. The van der Waals surface area contributed by atoms with Crippen LogP contribution in [-0.2, 0) is 0 Å². The summed E-state index contributed by atoms with van der Waals surface area (Å²) in [7, 11) is 0. The number of hydrogen-bond acceptors (Lipinski definition) is 1. The van der Waals surface area contributed by atoms with Gasteiger partial charge in [-0.25, -0.2) is 0 Å². The summed E-state index contributed by atoms with van der Waals surface area (Å²) in [5.74, 6) is 6.75. The zero-order chi connectivity index (χ0) is 10.3. The Labute approximate surface area is 98.4 Å². The minimum absolute atomic E-state index is 0.939. The van der Waals surface area contributed by atoms with Gasteiger partial charge in [-0.05, 0) is 74.0 Å². The Morgan fingerprint density at radius 1 is 0.688 bits per heavy atom. The van der Waals surface area contributed by atoms with Gasteiger partial charge in [0.25, 0.3) is 0 Å². The molecule has 0 amide bonds. The van der Waals surface area contributed by atoms with E-state index in [0.29, 0.717) is 0 Å². The minimum Gasteiger partial charge on any atom is -0.310 e. The van der Waals surface area contributed by atoms with Crippen molar-refractivity contribution in [1.29, 1.82) is 0 Å². The number of nitrogens with one attached hydrogen (secondary N) is 1. The summed E-state index contributed by atoms with van der Waals surface area (Å²) in [4.78, 5) is 0. The summed E-state index contributed by atoms with van der Waals surface area (Å²) in [5, 5.41) is 4.09. The second-order valence-corrected chi connectivity index (χ2v) is 7.46. The van der Waals surface area contributed by atoms with E-state index in [1.165, 1.54) is 12.8 Å². The van der Waals surface area contributed by atoms with Gasteiger partial charge < -0.3 is 5.32 Å². The maximum atomic E-state index is 4.09. The van der Waals surface area contributed by atoms with Gasteiger partial charge in [-0.1, -0.05) is 6.42 Å². The van der Waals surface area contributed by atoms with Crippen LogP contribution in [0.1, 0.15) is 44.9 Å². The van der Waals surface area contributed by atoms with E-state index < -0.39 is 0 Å². The van der Waals surface area contributed by atoms with Gasteiger partial charge in [0.15, 0.2) is 0 Å². The molecule has 0 aromatic rings. The van der Waals surface area contributed by atoms with Crippen molar-refractivity contribution in [2.45, 2.75) is 57.0 Å². The van der Waals surface area contributed by atoms with Gasteiger partial charge in [0.1, 0.15) is 0 Å². The minimum atomic E-state index is 0.939. The summed E-state index contributed by atoms with van der Waals surface area (Å²) in [6.45, 7) is 0. The van der Waals surface area contributed by atoms with E-state index in [1.807, 2.05) is 0 Å². The molecule has 0 spiro atoms. The first kappa shape index (κ1) is 8.97. The van der Waals surface area contributed by atoms with Crippen molar-refractivity contribution < 1.29 is 0 Å². The summed E-state index contributed by atoms with van der Waals surface area (Å²) in [6.07, 6.45) is 10.9. The molecule has 1 N–H and O–H groups in total. The van der Waals surface area contributed by atoms with Crippen LogP contribution in [0.3, 0.4) is 0 Å². The van der Waals surface area contributed by atoms with Crippen LogP contribution in [0, 0.1) is 35.5 Å². The molecule has 88 valence electrons. The summed E-state index contributed by atoms with van der Waals surface area (Å²) in [6, 6.07) is 1.92. The van der Waals surface area contributed by atoms with Gasteiger partial charge in [0.05, 0.1) is 0 Å². The first-order valence-corrected chi connectivity index (χ1v) is 7.66. The first-order valence-electron chi connectivity index (χ1n) is 7.66. The van der Waals surface area contributed by atoms with Crippen molar-refractivity contribution in [2.75, 3.05) is 0 Å². The predicted molar refractivity (Wildman–Crippen MR) is 64.0 cm³/mol. The van der Waals surface area contributed by atoms with E-state index in [2.05, 4.69) is 5.32 Å². The third-order valence-electron chi connectivity index (χ3n) is 6.88. The average molecular weight is 217 g/mol. The van der Waals surface area contributed by atoms with Crippen LogP contribution < -0.4 is 5.32 Å². The first-order chi connectivity index (χ1) is 7.90.